The quantitative estimate of drug-likeness (QED) is 0.645. The van der Waals surface area contributed by atoms with Crippen molar-refractivity contribution in [3.63, 3.8) is 0 Å². The number of fused-ring (bicyclic) bond motifs is 1. The number of thioether (sulfide) groups is 1. The maximum absolute atomic E-state index is 4.41. The van der Waals surface area contributed by atoms with E-state index in [1.807, 2.05) is 11.8 Å². The Morgan fingerprint density at radius 2 is 2.12 bits per heavy atom. The van der Waals surface area contributed by atoms with Gasteiger partial charge >= 0.3 is 0 Å². The maximum Gasteiger partial charge on any atom is 0.132 e. The fraction of sp³-hybridized carbons (Fsp3) is 0.667. The molecule has 88 valence electrons. The molecule has 0 bridgehead atoms. The summed E-state index contributed by atoms with van der Waals surface area (Å²) in [5, 5.41) is 3.43. The van der Waals surface area contributed by atoms with Gasteiger partial charge in [0.15, 0.2) is 0 Å². The third-order valence-corrected chi connectivity index (χ3v) is 3.59. The highest BCUT2D eigenvalue weighted by Gasteiger charge is 2.13. The lowest BCUT2D eigenvalue weighted by molar-refractivity contribution is 0.709. The summed E-state index contributed by atoms with van der Waals surface area (Å²) in [6, 6.07) is 0. The average molecular weight is 237 g/mol. The number of nitrogens with one attached hydrogen (secondary N) is 1. The van der Waals surface area contributed by atoms with E-state index in [4.69, 9.17) is 0 Å². The second kappa shape index (κ2) is 6.09. The standard InChI is InChI=1S/C12H19N3S/c1-16-8-7-13-12-10-5-3-2-4-6-11(10)14-9-15-12/h9H,2-8H2,1H3,(H,13,14,15). The van der Waals surface area contributed by atoms with Crippen LogP contribution < -0.4 is 5.32 Å². The summed E-state index contributed by atoms with van der Waals surface area (Å²) in [5.41, 5.74) is 2.63. The molecule has 2 rings (SSSR count). The molecule has 0 aromatic carbocycles. The summed E-state index contributed by atoms with van der Waals surface area (Å²) >= 11 is 1.86. The van der Waals surface area contributed by atoms with Crippen molar-refractivity contribution >= 4 is 17.6 Å². The van der Waals surface area contributed by atoms with Gasteiger partial charge < -0.3 is 5.32 Å². The van der Waals surface area contributed by atoms with Gasteiger partial charge in [0, 0.05) is 23.6 Å². The van der Waals surface area contributed by atoms with Crippen molar-refractivity contribution in [1.29, 1.82) is 0 Å². The number of hydrogen-bond acceptors (Lipinski definition) is 4. The Kier molecular flexibility index (Phi) is 4.45. The number of hydrogen-bond donors (Lipinski definition) is 1. The Hall–Kier alpha value is -0.770. The number of nitrogens with zero attached hydrogens (tertiary/aromatic N) is 2. The Labute approximate surface area is 101 Å². The molecule has 0 radical (unpaired) electrons. The number of rotatable bonds is 4. The Morgan fingerprint density at radius 1 is 1.25 bits per heavy atom. The zero-order valence-corrected chi connectivity index (χ0v) is 10.6. The second-order valence-corrected chi connectivity index (χ2v) is 5.11. The highest BCUT2D eigenvalue weighted by atomic mass is 32.2. The molecule has 1 aliphatic rings. The Morgan fingerprint density at radius 3 is 3.00 bits per heavy atom. The van der Waals surface area contributed by atoms with Gasteiger partial charge in [-0.25, -0.2) is 9.97 Å². The van der Waals surface area contributed by atoms with Crippen molar-refractivity contribution in [2.75, 3.05) is 23.9 Å². The summed E-state index contributed by atoms with van der Waals surface area (Å²) in [6.07, 6.45) is 9.95. The van der Waals surface area contributed by atoms with Gasteiger partial charge in [0.25, 0.3) is 0 Å². The Balaban J connectivity index is 2.11. The summed E-state index contributed by atoms with van der Waals surface area (Å²) in [7, 11) is 0. The average Bonchev–Trinajstić information content (AvgIpc) is 2.55. The second-order valence-electron chi connectivity index (χ2n) is 4.13. The van der Waals surface area contributed by atoms with Crippen LogP contribution in [-0.2, 0) is 12.8 Å². The van der Waals surface area contributed by atoms with Crippen LogP contribution in [0.25, 0.3) is 0 Å². The fourth-order valence-corrected chi connectivity index (χ4v) is 2.43. The Bertz CT molecular complexity index is 341. The van der Waals surface area contributed by atoms with Crippen molar-refractivity contribution in [2.24, 2.45) is 0 Å². The largest absolute Gasteiger partial charge is 0.369 e. The molecule has 16 heavy (non-hydrogen) atoms. The minimum absolute atomic E-state index is 0.991. The summed E-state index contributed by atoms with van der Waals surface area (Å²) in [5.74, 6) is 2.19. The maximum atomic E-state index is 4.41. The lowest BCUT2D eigenvalue weighted by Crippen LogP contribution is -2.10. The van der Waals surface area contributed by atoms with Crippen LogP contribution in [0, 0.1) is 0 Å². The third kappa shape index (κ3) is 2.88. The van der Waals surface area contributed by atoms with E-state index in [1.165, 1.54) is 30.5 Å². The molecule has 0 amide bonds. The third-order valence-electron chi connectivity index (χ3n) is 2.97. The first-order chi connectivity index (χ1) is 7.92. The first-order valence-corrected chi connectivity index (χ1v) is 7.37. The predicted octanol–water partition coefficient (Wildman–Crippen LogP) is 2.52. The normalized spacial score (nSPS) is 15.3. The molecule has 0 saturated heterocycles. The molecule has 0 fully saturated rings. The van der Waals surface area contributed by atoms with Crippen molar-refractivity contribution in [1.82, 2.24) is 9.97 Å². The molecule has 0 aliphatic heterocycles. The SMILES string of the molecule is CSCCNc1ncnc2c1CCCCC2. The van der Waals surface area contributed by atoms with Crippen LogP contribution >= 0.6 is 11.8 Å². The van der Waals surface area contributed by atoms with E-state index in [1.54, 1.807) is 6.33 Å². The van der Waals surface area contributed by atoms with Gasteiger partial charge in [-0.3, -0.25) is 0 Å². The fourth-order valence-electron chi connectivity index (χ4n) is 2.12. The minimum Gasteiger partial charge on any atom is -0.369 e. The van der Waals surface area contributed by atoms with Gasteiger partial charge in [-0.15, -0.1) is 0 Å². The van der Waals surface area contributed by atoms with Gasteiger partial charge in [-0.1, -0.05) is 6.42 Å². The van der Waals surface area contributed by atoms with E-state index >= 15 is 0 Å². The molecule has 1 N–H and O–H groups in total. The molecule has 0 spiro atoms. The monoisotopic (exact) mass is 237 g/mol. The molecular weight excluding hydrogens is 218 g/mol. The van der Waals surface area contributed by atoms with Crippen LogP contribution in [0.15, 0.2) is 6.33 Å². The molecular formula is C12H19N3S. The minimum atomic E-state index is 0.991. The van der Waals surface area contributed by atoms with Crippen LogP contribution in [-0.4, -0.2) is 28.5 Å². The lowest BCUT2D eigenvalue weighted by Gasteiger charge is -2.11. The molecule has 0 unspecified atom stereocenters. The van der Waals surface area contributed by atoms with Crippen LogP contribution in [0.4, 0.5) is 5.82 Å². The highest BCUT2D eigenvalue weighted by molar-refractivity contribution is 7.98. The molecule has 0 saturated carbocycles. The summed E-state index contributed by atoms with van der Waals surface area (Å²) in [6.45, 7) is 0.991. The zero-order valence-electron chi connectivity index (χ0n) is 9.83. The molecule has 1 heterocycles. The molecule has 0 atom stereocenters. The van der Waals surface area contributed by atoms with Crippen LogP contribution in [0.5, 0.6) is 0 Å². The van der Waals surface area contributed by atoms with E-state index in [0.29, 0.717) is 0 Å². The van der Waals surface area contributed by atoms with E-state index < -0.39 is 0 Å². The van der Waals surface area contributed by atoms with Crippen molar-refractivity contribution in [3.05, 3.63) is 17.6 Å². The lowest BCUT2D eigenvalue weighted by atomic mass is 10.1. The van der Waals surface area contributed by atoms with Gasteiger partial charge in [-0.05, 0) is 31.9 Å². The molecule has 1 aromatic rings. The summed E-state index contributed by atoms with van der Waals surface area (Å²) in [4.78, 5) is 8.79. The van der Waals surface area contributed by atoms with E-state index in [9.17, 15) is 0 Å². The van der Waals surface area contributed by atoms with Crippen molar-refractivity contribution in [2.45, 2.75) is 32.1 Å². The van der Waals surface area contributed by atoms with E-state index in [2.05, 4.69) is 21.5 Å². The van der Waals surface area contributed by atoms with Gasteiger partial charge in [-0.2, -0.15) is 11.8 Å². The molecule has 1 aliphatic carbocycles. The highest BCUT2D eigenvalue weighted by Crippen LogP contribution is 2.23. The van der Waals surface area contributed by atoms with Crippen molar-refractivity contribution < 1.29 is 0 Å². The van der Waals surface area contributed by atoms with Gasteiger partial charge in [0.1, 0.15) is 12.1 Å². The van der Waals surface area contributed by atoms with Crippen LogP contribution in [0.3, 0.4) is 0 Å². The number of aryl methyl sites for hydroxylation is 1. The summed E-state index contributed by atoms with van der Waals surface area (Å²) < 4.78 is 0. The molecule has 3 nitrogen and oxygen atoms in total. The van der Waals surface area contributed by atoms with Gasteiger partial charge in [0.05, 0.1) is 0 Å². The topological polar surface area (TPSA) is 37.8 Å². The van der Waals surface area contributed by atoms with Crippen molar-refractivity contribution in [3.8, 4) is 0 Å². The molecule has 1 aromatic heterocycles. The molecule has 4 heteroatoms. The zero-order chi connectivity index (χ0) is 11.2. The van der Waals surface area contributed by atoms with Crippen LogP contribution in [0.2, 0.25) is 0 Å². The van der Waals surface area contributed by atoms with E-state index in [-0.39, 0.29) is 0 Å². The number of aromatic nitrogens is 2. The smallest absolute Gasteiger partial charge is 0.132 e. The predicted molar refractivity (Wildman–Crippen MR) is 70.2 cm³/mol. The van der Waals surface area contributed by atoms with Crippen LogP contribution in [0.1, 0.15) is 30.5 Å². The first kappa shape index (κ1) is 11.7. The number of anilines is 1. The van der Waals surface area contributed by atoms with E-state index in [0.717, 1.165) is 31.0 Å². The first-order valence-electron chi connectivity index (χ1n) is 5.97. The van der Waals surface area contributed by atoms with Gasteiger partial charge in [0.2, 0.25) is 0 Å².